The van der Waals surface area contributed by atoms with Gasteiger partial charge in [-0.15, -0.1) is 0 Å². The van der Waals surface area contributed by atoms with Crippen LogP contribution in [0.5, 0.6) is 0 Å². The number of carbonyl (C=O) groups is 2. The standard InChI is InChI=1S/C34H30FN3O2/c1-22-9-10-25(30(39)21-34(16-6-17-34)26-7-4-3-5-8-26)19-28(22)24-15-18-38-29(20-24)31(33(40)36-2)32(37-38)23-11-13-27(35)14-12-23/h3-5,7-15,18-20H,6,16-17,21H2,1-2H3,(H,36,40). The Balaban J connectivity index is 1.39. The number of rotatable bonds is 7. The smallest absolute Gasteiger partial charge is 0.255 e. The lowest BCUT2D eigenvalue weighted by molar-refractivity contribution is 0.0904. The third kappa shape index (κ3) is 4.49. The van der Waals surface area contributed by atoms with Crippen molar-refractivity contribution >= 4 is 17.2 Å². The highest BCUT2D eigenvalue weighted by molar-refractivity contribution is 6.07. The first-order chi connectivity index (χ1) is 19.4. The largest absolute Gasteiger partial charge is 0.355 e. The predicted molar refractivity (Wildman–Crippen MR) is 155 cm³/mol. The van der Waals surface area contributed by atoms with Crippen molar-refractivity contribution in [3.63, 3.8) is 0 Å². The summed E-state index contributed by atoms with van der Waals surface area (Å²) in [4.78, 5) is 26.6. The lowest BCUT2D eigenvalue weighted by atomic mass is 9.61. The van der Waals surface area contributed by atoms with E-state index in [1.54, 1.807) is 23.7 Å². The van der Waals surface area contributed by atoms with Crippen molar-refractivity contribution in [2.24, 2.45) is 0 Å². The van der Waals surface area contributed by atoms with Crippen LogP contribution < -0.4 is 5.32 Å². The molecule has 5 nitrogen and oxygen atoms in total. The number of pyridine rings is 1. The highest BCUT2D eigenvalue weighted by atomic mass is 19.1. The number of halogens is 1. The van der Waals surface area contributed by atoms with E-state index in [0.717, 1.165) is 36.0 Å². The summed E-state index contributed by atoms with van der Waals surface area (Å²) < 4.78 is 15.2. The topological polar surface area (TPSA) is 63.5 Å². The molecule has 40 heavy (non-hydrogen) atoms. The molecule has 0 radical (unpaired) electrons. The second-order valence-corrected chi connectivity index (χ2v) is 10.7. The molecule has 5 aromatic rings. The third-order valence-corrected chi connectivity index (χ3v) is 8.27. The molecule has 0 atom stereocenters. The summed E-state index contributed by atoms with van der Waals surface area (Å²) >= 11 is 0. The van der Waals surface area contributed by atoms with E-state index in [1.807, 2.05) is 61.7 Å². The van der Waals surface area contributed by atoms with Gasteiger partial charge < -0.3 is 5.32 Å². The fourth-order valence-corrected chi connectivity index (χ4v) is 5.85. The second-order valence-electron chi connectivity index (χ2n) is 10.7. The minimum Gasteiger partial charge on any atom is -0.355 e. The zero-order chi connectivity index (χ0) is 27.9. The summed E-state index contributed by atoms with van der Waals surface area (Å²) in [6.45, 7) is 2.02. The second kappa shape index (κ2) is 10.2. The third-order valence-electron chi connectivity index (χ3n) is 8.27. The Morgan fingerprint density at radius 3 is 2.38 bits per heavy atom. The molecule has 1 fully saturated rings. The minimum atomic E-state index is -0.354. The number of ketones is 1. The number of nitrogens with zero attached hydrogens (tertiary/aromatic N) is 2. The molecule has 0 aliphatic heterocycles. The molecule has 2 aromatic heterocycles. The zero-order valence-corrected chi connectivity index (χ0v) is 22.6. The first-order valence-corrected chi connectivity index (χ1v) is 13.6. The van der Waals surface area contributed by atoms with Gasteiger partial charge in [-0.3, -0.25) is 9.59 Å². The van der Waals surface area contributed by atoms with Crippen molar-refractivity contribution in [1.82, 2.24) is 14.9 Å². The van der Waals surface area contributed by atoms with Crippen LogP contribution in [-0.4, -0.2) is 28.4 Å². The molecule has 2 heterocycles. The van der Waals surface area contributed by atoms with E-state index in [-0.39, 0.29) is 22.9 Å². The normalized spacial score (nSPS) is 14.1. The maximum absolute atomic E-state index is 13.6. The number of aryl methyl sites for hydroxylation is 1. The SMILES string of the molecule is CNC(=O)c1c(-c2ccc(F)cc2)nn2ccc(-c3cc(C(=O)CC4(c5ccccc5)CCC4)ccc3C)cc12. The Hall–Kier alpha value is -4.58. The van der Waals surface area contributed by atoms with E-state index in [9.17, 15) is 14.0 Å². The Bertz CT molecular complexity index is 1740. The van der Waals surface area contributed by atoms with Gasteiger partial charge in [0.05, 0.1) is 11.1 Å². The van der Waals surface area contributed by atoms with Crippen molar-refractivity contribution in [3.05, 3.63) is 119 Å². The van der Waals surface area contributed by atoms with Crippen LogP contribution in [0, 0.1) is 12.7 Å². The fraction of sp³-hybridized carbons (Fsp3) is 0.206. The van der Waals surface area contributed by atoms with Crippen LogP contribution in [0.2, 0.25) is 0 Å². The molecule has 6 rings (SSSR count). The van der Waals surface area contributed by atoms with Crippen LogP contribution in [0.25, 0.3) is 27.9 Å². The minimum absolute atomic E-state index is 0.0843. The van der Waals surface area contributed by atoms with Gasteiger partial charge >= 0.3 is 0 Å². The number of nitrogens with one attached hydrogen (secondary N) is 1. The first kappa shape index (κ1) is 25.7. The Kier molecular flexibility index (Phi) is 6.54. The molecule has 1 N–H and O–H groups in total. The number of benzene rings is 3. The van der Waals surface area contributed by atoms with Gasteiger partial charge in [0.15, 0.2) is 5.78 Å². The first-order valence-electron chi connectivity index (χ1n) is 13.6. The van der Waals surface area contributed by atoms with Crippen LogP contribution >= 0.6 is 0 Å². The average Bonchev–Trinajstić information content (AvgIpc) is 3.34. The number of Topliss-reactive ketones (excluding diaryl/α,β-unsaturated/α-hetero) is 1. The molecule has 1 aliphatic rings. The van der Waals surface area contributed by atoms with E-state index < -0.39 is 0 Å². The molecule has 0 bridgehead atoms. The molecule has 1 saturated carbocycles. The number of carbonyl (C=O) groups excluding carboxylic acids is 2. The lowest BCUT2D eigenvalue weighted by Crippen LogP contribution is -2.36. The van der Waals surface area contributed by atoms with Crippen molar-refractivity contribution in [1.29, 1.82) is 0 Å². The average molecular weight is 532 g/mol. The molecular weight excluding hydrogens is 501 g/mol. The summed E-state index contributed by atoms with van der Waals surface area (Å²) in [6.07, 6.45) is 5.50. The highest BCUT2D eigenvalue weighted by Gasteiger charge is 2.40. The number of aromatic nitrogens is 2. The van der Waals surface area contributed by atoms with Crippen LogP contribution in [0.3, 0.4) is 0 Å². The molecule has 1 aliphatic carbocycles. The monoisotopic (exact) mass is 531 g/mol. The quantitative estimate of drug-likeness (QED) is 0.227. The maximum Gasteiger partial charge on any atom is 0.255 e. The van der Waals surface area contributed by atoms with Gasteiger partial charge in [-0.2, -0.15) is 5.10 Å². The molecule has 1 amide bonds. The van der Waals surface area contributed by atoms with Crippen molar-refractivity contribution in [2.45, 2.75) is 38.0 Å². The van der Waals surface area contributed by atoms with E-state index >= 15 is 0 Å². The van der Waals surface area contributed by atoms with Gasteiger partial charge in [-0.25, -0.2) is 8.91 Å². The van der Waals surface area contributed by atoms with Gasteiger partial charge in [0.1, 0.15) is 11.5 Å². The Morgan fingerprint density at radius 2 is 1.70 bits per heavy atom. The summed E-state index contributed by atoms with van der Waals surface area (Å²) in [7, 11) is 1.58. The summed E-state index contributed by atoms with van der Waals surface area (Å²) in [5.74, 6) is -0.494. The molecule has 0 spiro atoms. The van der Waals surface area contributed by atoms with Crippen LogP contribution in [0.1, 0.15) is 57.5 Å². The van der Waals surface area contributed by atoms with Crippen LogP contribution in [-0.2, 0) is 5.41 Å². The Morgan fingerprint density at radius 1 is 0.950 bits per heavy atom. The van der Waals surface area contributed by atoms with Crippen molar-refractivity contribution in [3.8, 4) is 22.4 Å². The van der Waals surface area contributed by atoms with Gasteiger partial charge in [-0.05, 0) is 84.5 Å². The van der Waals surface area contributed by atoms with E-state index in [4.69, 9.17) is 0 Å². The van der Waals surface area contributed by atoms with Gasteiger partial charge in [0.25, 0.3) is 5.91 Å². The zero-order valence-electron chi connectivity index (χ0n) is 22.6. The van der Waals surface area contributed by atoms with Gasteiger partial charge in [-0.1, -0.05) is 48.9 Å². The Labute approximate surface area is 232 Å². The van der Waals surface area contributed by atoms with Crippen molar-refractivity contribution in [2.75, 3.05) is 7.05 Å². The van der Waals surface area contributed by atoms with Gasteiger partial charge in [0, 0.05) is 36.2 Å². The fourth-order valence-electron chi connectivity index (χ4n) is 5.85. The number of fused-ring (bicyclic) bond motifs is 1. The van der Waals surface area contributed by atoms with Crippen LogP contribution in [0.15, 0.2) is 91.1 Å². The van der Waals surface area contributed by atoms with Crippen LogP contribution in [0.4, 0.5) is 4.39 Å². The predicted octanol–water partition coefficient (Wildman–Crippen LogP) is 7.17. The molecule has 6 heteroatoms. The number of hydrogen-bond acceptors (Lipinski definition) is 3. The molecular formula is C34H30FN3O2. The molecule has 200 valence electrons. The molecule has 0 saturated heterocycles. The van der Waals surface area contributed by atoms with E-state index in [1.165, 1.54) is 17.7 Å². The summed E-state index contributed by atoms with van der Waals surface area (Å²) in [6, 6.07) is 26.1. The van der Waals surface area contributed by atoms with Gasteiger partial charge in [0.2, 0.25) is 0 Å². The van der Waals surface area contributed by atoms with Crippen molar-refractivity contribution < 1.29 is 14.0 Å². The summed E-state index contributed by atoms with van der Waals surface area (Å²) in [5, 5.41) is 7.36. The number of amides is 1. The molecule has 3 aromatic carbocycles. The lowest BCUT2D eigenvalue weighted by Gasteiger charge is -2.42. The molecule has 0 unspecified atom stereocenters. The number of hydrogen-bond donors (Lipinski definition) is 1. The summed E-state index contributed by atoms with van der Waals surface area (Å²) in [5.41, 5.74) is 6.86. The maximum atomic E-state index is 13.6. The van der Waals surface area contributed by atoms with E-state index in [0.29, 0.717) is 34.3 Å². The highest BCUT2D eigenvalue weighted by Crippen LogP contribution is 2.47. The van der Waals surface area contributed by atoms with E-state index in [2.05, 4.69) is 22.5 Å².